The van der Waals surface area contributed by atoms with Gasteiger partial charge in [0.05, 0.1) is 12.2 Å². The quantitative estimate of drug-likeness (QED) is 0.564. The Hall–Kier alpha value is -1.83. The van der Waals surface area contributed by atoms with Crippen LogP contribution < -0.4 is 16.4 Å². The largest absolute Gasteiger partial charge is 0.450 e. The highest BCUT2D eigenvalue weighted by Crippen LogP contribution is 2.39. The second-order valence-corrected chi connectivity index (χ2v) is 7.48. The number of carbonyl (C=O) groups excluding carboxylic acids is 2. The lowest BCUT2D eigenvalue weighted by molar-refractivity contribution is 0.1000. The van der Waals surface area contributed by atoms with E-state index in [1.165, 1.54) is 0 Å². The van der Waals surface area contributed by atoms with Gasteiger partial charge in [0.1, 0.15) is 10.4 Å². The van der Waals surface area contributed by atoms with Crippen molar-refractivity contribution in [2.45, 2.75) is 38.6 Å². The summed E-state index contributed by atoms with van der Waals surface area (Å²) in [6.07, 6.45) is 1.88. The van der Waals surface area contributed by atoms with E-state index in [1.807, 2.05) is 0 Å². The monoisotopic (exact) mass is 398 g/mol. The number of ether oxygens (including phenoxy) is 1. The number of halogens is 1. The van der Waals surface area contributed by atoms with Crippen LogP contribution in [0.3, 0.4) is 0 Å². The van der Waals surface area contributed by atoms with Crippen LogP contribution >= 0.6 is 15.9 Å². The third kappa shape index (κ3) is 4.37. The Morgan fingerprint density at radius 2 is 2.12 bits per heavy atom. The number of aromatic nitrogens is 1. The van der Waals surface area contributed by atoms with Crippen molar-refractivity contribution in [3.8, 4) is 0 Å². The van der Waals surface area contributed by atoms with Gasteiger partial charge in [-0.3, -0.25) is 4.79 Å². The fourth-order valence-electron chi connectivity index (χ4n) is 3.32. The lowest BCUT2D eigenvalue weighted by Gasteiger charge is -2.33. The summed E-state index contributed by atoms with van der Waals surface area (Å²) in [5.41, 5.74) is 10.7. The van der Waals surface area contributed by atoms with E-state index in [-0.39, 0.29) is 5.54 Å². The van der Waals surface area contributed by atoms with E-state index < -0.39 is 12.0 Å². The molecule has 1 aromatic heterocycles. The number of anilines is 1. The molecule has 0 unspecified atom stereocenters. The van der Waals surface area contributed by atoms with Gasteiger partial charge in [-0.2, -0.15) is 0 Å². The van der Waals surface area contributed by atoms with Crippen molar-refractivity contribution in [1.82, 2.24) is 4.98 Å². The smallest absolute Gasteiger partial charge is 0.404 e. The Morgan fingerprint density at radius 1 is 1.42 bits per heavy atom. The first-order valence-corrected chi connectivity index (χ1v) is 8.66. The van der Waals surface area contributed by atoms with Crippen LogP contribution in [0, 0.1) is 5.92 Å². The van der Waals surface area contributed by atoms with E-state index in [1.54, 1.807) is 12.1 Å². The summed E-state index contributed by atoms with van der Waals surface area (Å²) in [5, 5.41) is 0. The second-order valence-electron chi connectivity index (χ2n) is 6.67. The van der Waals surface area contributed by atoms with E-state index in [2.05, 4.69) is 39.7 Å². The van der Waals surface area contributed by atoms with Gasteiger partial charge in [-0.15, -0.1) is 0 Å². The molecule has 1 aromatic rings. The molecule has 8 heteroatoms. The van der Waals surface area contributed by atoms with Crippen molar-refractivity contribution in [2.24, 2.45) is 17.4 Å². The summed E-state index contributed by atoms with van der Waals surface area (Å²) in [5.74, 6) is 0.537. The van der Waals surface area contributed by atoms with Crippen LogP contribution in [0.1, 0.15) is 43.5 Å². The maximum absolute atomic E-state index is 11.7. The average molecular weight is 399 g/mol. The second kappa shape index (κ2) is 7.38. The van der Waals surface area contributed by atoms with E-state index in [4.69, 9.17) is 16.2 Å². The maximum Gasteiger partial charge on any atom is 0.404 e. The van der Waals surface area contributed by atoms with Crippen molar-refractivity contribution < 1.29 is 14.3 Å². The Bertz CT molecular complexity index is 636. The molecule has 7 nitrogen and oxygen atoms in total. The first-order valence-electron chi connectivity index (χ1n) is 7.87. The van der Waals surface area contributed by atoms with Crippen LogP contribution in [-0.2, 0) is 4.74 Å². The number of primary amides is 2. The van der Waals surface area contributed by atoms with E-state index >= 15 is 0 Å². The van der Waals surface area contributed by atoms with Crippen molar-refractivity contribution in [2.75, 3.05) is 18.1 Å². The van der Waals surface area contributed by atoms with Gasteiger partial charge < -0.3 is 21.1 Å². The molecule has 24 heavy (non-hydrogen) atoms. The molecule has 0 aliphatic carbocycles. The van der Waals surface area contributed by atoms with Gasteiger partial charge >= 0.3 is 6.09 Å². The third-order valence-electron chi connectivity index (χ3n) is 4.32. The number of pyridine rings is 1. The number of nitrogens with two attached hydrogens (primary N) is 2. The van der Waals surface area contributed by atoms with Crippen LogP contribution in [0.15, 0.2) is 16.7 Å². The van der Waals surface area contributed by atoms with Gasteiger partial charge in [0.25, 0.3) is 5.91 Å². The molecule has 4 N–H and O–H groups in total. The summed E-state index contributed by atoms with van der Waals surface area (Å²) in [6.45, 7) is 5.35. The number of amides is 2. The highest BCUT2D eigenvalue weighted by molar-refractivity contribution is 9.10. The van der Waals surface area contributed by atoms with E-state index in [9.17, 15) is 9.59 Å². The molecule has 0 bridgehead atoms. The lowest BCUT2D eigenvalue weighted by Crippen LogP contribution is -2.40. The SMILES string of the molecule is CC1(C)C[C@H](CCCOC(N)=O)CN1c1nc(Br)ccc1C(N)=O. The van der Waals surface area contributed by atoms with Crippen LogP contribution in [0.4, 0.5) is 10.6 Å². The molecular formula is C16H23BrN4O3. The highest BCUT2D eigenvalue weighted by Gasteiger charge is 2.40. The van der Waals surface area contributed by atoms with Crippen LogP contribution in [0.2, 0.25) is 0 Å². The molecule has 2 rings (SSSR count). The zero-order valence-corrected chi connectivity index (χ0v) is 15.5. The van der Waals surface area contributed by atoms with Crippen molar-refractivity contribution in [3.05, 3.63) is 22.3 Å². The molecule has 1 aliphatic heterocycles. The predicted molar refractivity (Wildman–Crippen MR) is 94.8 cm³/mol. The summed E-state index contributed by atoms with van der Waals surface area (Å²) in [4.78, 5) is 29.0. The Kier molecular flexibility index (Phi) is 5.69. The van der Waals surface area contributed by atoms with Crippen molar-refractivity contribution in [1.29, 1.82) is 0 Å². The van der Waals surface area contributed by atoms with Gasteiger partial charge in [0.2, 0.25) is 0 Å². The number of hydrogen-bond donors (Lipinski definition) is 2. The van der Waals surface area contributed by atoms with Gasteiger partial charge in [0, 0.05) is 12.1 Å². The molecule has 1 atom stereocenters. The van der Waals surface area contributed by atoms with Gasteiger partial charge in [0.15, 0.2) is 0 Å². The van der Waals surface area contributed by atoms with E-state index in [0.29, 0.717) is 28.5 Å². The average Bonchev–Trinajstić information content (AvgIpc) is 2.77. The first kappa shape index (κ1) is 18.5. The fraction of sp³-hybridized carbons (Fsp3) is 0.562. The minimum atomic E-state index is -0.743. The summed E-state index contributed by atoms with van der Waals surface area (Å²) in [6, 6.07) is 3.41. The summed E-state index contributed by atoms with van der Waals surface area (Å²) >= 11 is 3.36. The lowest BCUT2D eigenvalue weighted by atomic mass is 9.93. The van der Waals surface area contributed by atoms with Crippen molar-refractivity contribution >= 4 is 33.7 Å². The highest BCUT2D eigenvalue weighted by atomic mass is 79.9. The van der Waals surface area contributed by atoms with Gasteiger partial charge in [-0.25, -0.2) is 9.78 Å². The predicted octanol–water partition coefficient (Wildman–Crippen LogP) is 2.42. The molecule has 1 aliphatic rings. The maximum atomic E-state index is 11.7. The summed E-state index contributed by atoms with van der Waals surface area (Å²) in [7, 11) is 0. The molecule has 0 spiro atoms. The Balaban J connectivity index is 2.12. The number of rotatable bonds is 6. The third-order valence-corrected chi connectivity index (χ3v) is 4.76. The minimum Gasteiger partial charge on any atom is -0.450 e. The van der Waals surface area contributed by atoms with Crippen LogP contribution in [0.25, 0.3) is 0 Å². The molecule has 132 valence electrons. The standard InChI is InChI=1S/C16H23BrN4O3/c1-16(2)8-10(4-3-7-24-15(19)23)9-21(16)14-11(13(18)22)5-6-12(17)20-14/h5-6,10H,3-4,7-9H2,1-2H3,(H2,18,22)(H2,19,23)/t10-/m0/s1. The number of hydrogen-bond acceptors (Lipinski definition) is 5. The van der Waals surface area contributed by atoms with Gasteiger partial charge in [-0.1, -0.05) is 0 Å². The molecule has 1 fully saturated rings. The molecular weight excluding hydrogens is 376 g/mol. The number of carbonyl (C=O) groups is 2. The fourth-order valence-corrected chi connectivity index (χ4v) is 3.62. The Labute approximate surface area is 149 Å². The molecule has 0 saturated carbocycles. The molecule has 0 aromatic carbocycles. The number of nitrogens with zero attached hydrogens (tertiary/aromatic N) is 2. The van der Waals surface area contributed by atoms with Crippen LogP contribution in [0.5, 0.6) is 0 Å². The zero-order valence-electron chi connectivity index (χ0n) is 13.9. The normalized spacial score (nSPS) is 19.3. The molecule has 0 radical (unpaired) electrons. The molecule has 2 heterocycles. The zero-order chi connectivity index (χ0) is 17.9. The topological polar surface area (TPSA) is 112 Å². The van der Waals surface area contributed by atoms with E-state index in [0.717, 1.165) is 25.8 Å². The van der Waals surface area contributed by atoms with Crippen LogP contribution in [-0.4, -0.2) is 35.7 Å². The minimum absolute atomic E-state index is 0.146. The Morgan fingerprint density at radius 3 is 2.75 bits per heavy atom. The van der Waals surface area contributed by atoms with Gasteiger partial charge in [-0.05, 0) is 67.1 Å². The van der Waals surface area contributed by atoms with Crippen molar-refractivity contribution in [3.63, 3.8) is 0 Å². The summed E-state index contributed by atoms with van der Waals surface area (Å²) < 4.78 is 5.44. The molecule has 1 saturated heterocycles. The molecule has 2 amide bonds. The first-order chi connectivity index (χ1) is 11.2.